The lowest BCUT2D eigenvalue weighted by molar-refractivity contribution is -0.141. The van der Waals surface area contributed by atoms with Crippen LogP contribution in [0.15, 0.2) is 21.5 Å². The van der Waals surface area contributed by atoms with E-state index in [9.17, 15) is 19.2 Å². The van der Waals surface area contributed by atoms with Crippen LogP contribution >= 0.6 is 11.8 Å². The summed E-state index contributed by atoms with van der Waals surface area (Å²) in [5.74, 6) is -1.08. The highest BCUT2D eigenvalue weighted by atomic mass is 32.2. The van der Waals surface area contributed by atoms with Crippen molar-refractivity contribution in [2.45, 2.75) is 44.7 Å². The summed E-state index contributed by atoms with van der Waals surface area (Å²) in [5.41, 5.74) is 10.7. The quantitative estimate of drug-likeness (QED) is 0.160. The van der Waals surface area contributed by atoms with Crippen molar-refractivity contribution >= 4 is 46.1 Å². The van der Waals surface area contributed by atoms with Gasteiger partial charge in [0.25, 0.3) is 0 Å². The highest BCUT2D eigenvalue weighted by Crippen LogP contribution is 2.15. The van der Waals surface area contributed by atoms with E-state index in [0.717, 1.165) is 0 Å². The largest absolute Gasteiger partial charge is 0.370 e. The summed E-state index contributed by atoms with van der Waals surface area (Å²) in [5, 5.41) is 7.88. The Balaban J connectivity index is 1.99. The average molecular weight is 466 g/mol. The molecule has 0 aromatic rings. The zero-order valence-electron chi connectivity index (χ0n) is 18.2. The maximum Gasteiger partial charge on any atom is 0.240 e. The van der Waals surface area contributed by atoms with Crippen LogP contribution in [0.3, 0.4) is 0 Å². The number of carbonyl (C=O) groups is 4. The van der Waals surface area contributed by atoms with E-state index >= 15 is 0 Å². The van der Waals surface area contributed by atoms with E-state index in [0.29, 0.717) is 50.5 Å². The van der Waals surface area contributed by atoms with Gasteiger partial charge in [-0.2, -0.15) is 0 Å². The molecule has 0 spiro atoms. The van der Waals surface area contributed by atoms with Gasteiger partial charge in [-0.1, -0.05) is 24.8 Å². The van der Waals surface area contributed by atoms with Gasteiger partial charge in [0.1, 0.15) is 10.8 Å². The molecule has 2 atom stereocenters. The first-order valence-electron chi connectivity index (χ1n) is 10.6. The van der Waals surface area contributed by atoms with Crippen molar-refractivity contribution in [3.63, 3.8) is 0 Å². The zero-order valence-corrected chi connectivity index (χ0v) is 19.0. The van der Waals surface area contributed by atoms with Crippen molar-refractivity contribution in [3.05, 3.63) is 11.5 Å². The maximum absolute atomic E-state index is 12.9. The first-order valence-corrected chi connectivity index (χ1v) is 11.5. The minimum Gasteiger partial charge on any atom is -0.370 e. The molecule has 0 aromatic heterocycles. The molecule has 6 N–H and O–H groups in total. The number of carbonyl (C=O) groups excluding carboxylic acids is 4. The van der Waals surface area contributed by atoms with Gasteiger partial charge in [-0.15, -0.1) is 0 Å². The number of Topliss-reactive ketones (excluding diaryl/α,β-unsaturated/α-hetero) is 2. The Morgan fingerprint density at radius 1 is 1.41 bits per heavy atom. The lowest BCUT2D eigenvalue weighted by atomic mass is 10.1. The number of hydrogen-bond donors (Lipinski definition) is 4. The Hall–Kier alpha value is -2.73. The molecule has 0 radical (unpaired) electrons. The van der Waals surface area contributed by atoms with Crippen LogP contribution in [0, 0.1) is 0 Å². The van der Waals surface area contributed by atoms with Crippen LogP contribution in [0.5, 0.6) is 0 Å². The number of aliphatic imine (C=N–C) groups is 2. The van der Waals surface area contributed by atoms with E-state index in [1.165, 1.54) is 16.7 Å². The average Bonchev–Trinajstić information content (AvgIpc) is 2.78. The lowest BCUT2D eigenvalue weighted by Gasteiger charge is -2.32. The molecule has 0 bridgehead atoms. The zero-order chi connectivity index (χ0) is 23.5. The second kappa shape index (κ2) is 13.0. The molecule has 32 heavy (non-hydrogen) atoms. The number of guanidine groups is 1. The summed E-state index contributed by atoms with van der Waals surface area (Å²) in [6.45, 7) is 3.13. The number of nitrogens with two attached hydrogens (primary N) is 2. The highest BCUT2D eigenvalue weighted by molar-refractivity contribution is 8.18. The molecule has 2 aliphatic heterocycles. The minimum absolute atomic E-state index is 0.0200. The molecule has 2 rings (SSSR count). The monoisotopic (exact) mass is 465 g/mol. The fourth-order valence-corrected chi connectivity index (χ4v) is 4.00. The Morgan fingerprint density at radius 2 is 2.19 bits per heavy atom. The van der Waals surface area contributed by atoms with Gasteiger partial charge in [0.2, 0.25) is 17.6 Å². The van der Waals surface area contributed by atoms with Gasteiger partial charge < -0.3 is 27.0 Å². The number of amides is 2. The van der Waals surface area contributed by atoms with Crippen LogP contribution < -0.4 is 22.1 Å². The standard InChI is InChI=1S/C20H31N7O4S/c1-2-13(28)11-15-19(31)27(9-8-23-15)12-16(29)26-14(5-3-6-25-20(21)22)17(30)18-24-7-4-10-32-18/h4,10,14-15,23H,2-3,5-9,11-12H2,1H3,(H,26,29)(H4,21,22,25)/t14-,15?/m0/s1. The fourth-order valence-electron chi connectivity index (χ4n) is 3.28. The fraction of sp³-hybridized carbons (Fsp3) is 0.600. The van der Waals surface area contributed by atoms with Crippen molar-refractivity contribution in [3.8, 4) is 0 Å². The molecule has 176 valence electrons. The van der Waals surface area contributed by atoms with E-state index in [1.807, 2.05) is 6.08 Å². The van der Waals surface area contributed by atoms with E-state index in [4.69, 9.17) is 11.5 Å². The number of hydrogen-bond acceptors (Lipinski definition) is 8. The maximum atomic E-state index is 12.9. The summed E-state index contributed by atoms with van der Waals surface area (Å²) < 4.78 is 0. The number of ketones is 2. The molecule has 0 saturated carbocycles. The van der Waals surface area contributed by atoms with Crippen molar-refractivity contribution in [2.24, 2.45) is 21.5 Å². The van der Waals surface area contributed by atoms with Gasteiger partial charge in [-0.3, -0.25) is 29.2 Å². The Morgan fingerprint density at radius 3 is 2.84 bits per heavy atom. The number of nitrogens with zero attached hydrogens (tertiary/aromatic N) is 3. The normalized spacial score (nSPS) is 19.2. The summed E-state index contributed by atoms with van der Waals surface area (Å²) in [7, 11) is 0. The number of rotatable bonds is 12. The third kappa shape index (κ3) is 8.08. The molecule has 2 amide bonds. The SMILES string of the molecule is CCC(=O)CC1NCCN(CC(=O)N[C@@H](CCCN=C(N)N)C(=O)C2=NCC=CS2)C1=O. The van der Waals surface area contributed by atoms with E-state index < -0.39 is 18.0 Å². The first-order chi connectivity index (χ1) is 15.3. The Kier molecular flexibility index (Phi) is 10.3. The third-order valence-electron chi connectivity index (χ3n) is 4.97. The van der Waals surface area contributed by atoms with Crippen molar-refractivity contribution in [2.75, 3.05) is 32.7 Å². The first kappa shape index (κ1) is 25.5. The van der Waals surface area contributed by atoms with Crippen molar-refractivity contribution < 1.29 is 19.2 Å². The van der Waals surface area contributed by atoms with Crippen molar-refractivity contribution in [1.82, 2.24) is 15.5 Å². The molecule has 12 heteroatoms. The molecule has 0 aliphatic carbocycles. The smallest absolute Gasteiger partial charge is 0.240 e. The van der Waals surface area contributed by atoms with Crippen LogP contribution in [-0.2, 0) is 19.2 Å². The summed E-state index contributed by atoms with van der Waals surface area (Å²) in [6.07, 6.45) is 3.10. The second-order valence-corrected chi connectivity index (χ2v) is 8.33. The molecular formula is C20H31N7O4S. The molecule has 1 unspecified atom stereocenters. The van der Waals surface area contributed by atoms with Crippen LogP contribution in [0.4, 0.5) is 0 Å². The summed E-state index contributed by atoms with van der Waals surface area (Å²) in [4.78, 5) is 59.5. The van der Waals surface area contributed by atoms with Crippen LogP contribution in [-0.4, -0.2) is 84.1 Å². The molecule has 2 heterocycles. The Labute approximate surface area is 191 Å². The summed E-state index contributed by atoms with van der Waals surface area (Å²) >= 11 is 1.21. The molecule has 11 nitrogen and oxygen atoms in total. The van der Waals surface area contributed by atoms with Crippen LogP contribution in [0.2, 0.25) is 0 Å². The van der Waals surface area contributed by atoms with Gasteiger partial charge >= 0.3 is 0 Å². The highest BCUT2D eigenvalue weighted by Gasteiger charge is 2.32. The summed E-state index contributed by atoms with van der Waals surface area (Å²) in [6, 6.07) is -1.43. The lowest BCUT2D eigenvalue weighted by Crippen LogP contribution is -2.58. The van der Waals surface area contributed by atoms with Crippen molar-refractivity contribution in [1.29, 1.82) is 0 Å². The second-order valence-electron chi connectivity index (χ2n) is 7.43. The van der Waals surface area contributed by atoms with E-state index in [-0.39, 0.29) is 36.4 Å². The topological polar surface area (TPSA) is 172 Å². The van der Waals surface area contributed by atoms with Gasteiger partial charge in [-0.05, 0) is 18.2 Å². The van der Waals surface area contributed by atoms with Gasteiger partial charge in [0.05, 0.1) is 25.2 Å². The third-order valence-corrected chi connectivity index (χ3v) is 5.85. The molecule has 2 aliphatic rings. The molecule has 1 fully saturated rings. The van der Waals surface area contributed by atoms with Crippen LogP contribution in [0.25, 0.3) is 0 Å². The minimum atomic E-state index is -0.801. The number of piperazine rings is 1. The van der Waals surface area contributed by atoms with Gasteiger partial charge in [-0.25, -0.2) is 0 Å². The molecule has 1 saturated heterocycles. The molecule has 0 aromatic carbocycles. The van der Waals surface area contributed by atoms with Gasteiger partial charge in [0.15, 0.2) is 5.96 Å². The Bertz CT molecular complexity index is 808. The van der Waals surface area contributed by atoms with E-state index in [2.05, 4.69) is 20.6 Å². The van der Waals surface area contributed by atoms with E-state index in [1.54, 1.807) is 12.3 Å². The number of nitrogens with one attached hydrogen (secondary N) is 2. The number of thioether (sulfide) groups is 1. The predicted molar refractivity (Wildman–Crippen MR) is 124 cm³/mol. The van der Waals surface area contributed by atoms with Gasteiger partial charge in [0, 0.05) is 32.5 Å². The van der Waals surface area contributed by atoms with Crippen LogP contribution in [0.1, 0.15) is 32.6 Å². The predicted octanol–water partition coefficient (Wildman–Crippen LogP) is -1.08. The molecular weight excluding hydrogens is 434 g/mol.